The number of benzene rings is 1. The Hall–Kier alpha value is -2.99. The van der Waals surface area contributed by atoms with Crippen molar-refractivity contribution in [1.82, 2.24) is 14.3 Å². The van der Waals surface area contributed by atoms with Crippen molar-refractivity contribution >= 4 is 26.9 Å². The Kier molecular flexibility index (Phi) is 6.40. The molecule has 0 unspecified atom stereocenters. The summed E-state index contributed by atoms with van der Waals surface area (Å²) in [5, 5.41) is 10.3. The molecule has 1 atom stereocenters. The van der Waals surface area contributed by atoms with Gasteiger partial charge in [0.25, 0.3) is 0 Å². The average molecular weight is 528 g/mol. The molecule has 36 heavy (non-hydrogen) atoms. The van der Waals surface area contributed by atoms with E-state index in [1.165, 1.54) is 12.1 Å². The van der Waals surface area contributed by atoms with Crippen LogP contribution in [-0.2, 0) is 15.6 Å². The molecule has 0 bridgehead atoms. The third-order valence-corrected chi connectivity index (χ3v) is 8.32. The molecular formula is C24H25F4N3O4S. The number of aromatic nitrogens is 2. The third-order valence-electron chi connectivity index (χ3n) is 6.79. The number of carboxylic acids is 1. The van der Waals surface area contributed by atoms with Gasteiger partial charge in [-0.2, -0.15) is 17.9 Å². The summed E-state index contributed by atoms with van der Waals surface area (Å²) in [4.78, 5) is 16.1. The number of sulfonamides is 1. The number of aromatic carboxylic acids is 1. The predicted octanol–water partition coefficient (Wildman–Crippen LogP) is 5.37. The van der Waals surface area contributed by atoms with E-state index in [0.29, 0.717) is 18.0 Å². The highest BCUT2D eigenvalue weighted by Gasteiger charge is 2.40. The Balaban J connectivity index is 1.92. The number of carboxylic acid groups (broad SMARTS) is 1. The van der Waals surface area contributed by atoms with E-state index < -0.39 is 44.5 Å². The zero-order chi connectivity index (χ0) is 26.6. The summed E-state index contributed by atoms with van der Waals surface area (Å²) in [5.74, 6) is -1.87. The van der Waals surface area contributed by atoms with Crippen molar-refractivity contribution in [3.8, 4) is 11.4 Å². The van der Waals surface area contributed by atoms with E-state index in [0.717, 1.165) is 37.9 Å². The van der Waals surface area contributed by atoms with Crippen LogP contribution < -0.4 is 4.72 Å². The highest BCUT2D eigenvalue weighted by atomic mass is 32.2. The maximum atomic E-state index is 14.5. The molecule has 1 fully saturated rings. The summed E-state index contributed by atoms with van der Waals surface area (Å²) in [6.07, 6.45) is -0.590. The number of alkyl halides is 3. The summed E-state index contributed by atoms with van der Waals surface area (Å²) in [6.45, 7) is 4.24. The van der Waals surface area contributed by atoms with E-state index in [1.54, 1.807) is 17.7 Å². The molecule has 0 spiro atoms. The first-order valence-electron chi connectivity index (χ1n) is 11.3. The second kappa shape index (κ2) is 8.84. The van der Waals surface area contributed by atoms with Crippen LogP contribution in [0.15, 0.2) is 35.4 Å². The lowest BCUT2D eigenvalue weighted by atomic mass is 9.99. The zero-order valence-electron chi connectivity index (χ0n) is 19.8. The lowest BCUT2D eigenvalue weighted by Gasteiger charge is -2.30. The quantitative estimate of drug-likeness (QED) is 0.420. The van der Waals surface area contributed by atoms with Crippen molar-refractivity contribution in [2.75, 3.05) is 0 Å². The molecule has 0 aliphatic heterocycles. The molecule has 0 amide bonds. The van der Waals surface area contributed by atoms with Gasteiger partial charge in [0, 0.05) is 17.1 Å². The van der Waals surface area contributed by atoms with E-state index in [1.807, 2.05) is 11.5 Å². The molecule has 1 aliphatic carbocycles. The van der Waals surface area contributed by atoms with Crippen molar-refractivity contribution in [3.63, 3.8) is 0 Å². The summed E-state index contributed by atoms with van der Waals surface area (Å²) >= 11 is 0. The minimum absolute atomic E-state index is 0.109. The van der Waals surface area contributed by atoms with E-state index >= 15 is 0 Å². The average Bonchev–Trinajstić information content (AvgIpc) is 3.35. The fraction of sp³-hybridized carbons (Fsp3) is 0.417. The van der Waals surface area contributed by atoms with Gasteiger partial charge in [-0.05, 0) is 63.4 Å². The molecule has 3 aromatic rings. The van der Waals surface area contributed by atoms with Crippen LogP contribution in [0.3, 0.4) is 0 Å². The highest BCUT2D eigenvalue weighted by molar-refractivity contribution is 7.89. The molecule has 0 saturated heterocycles. The second-order valence-corrected chi connectivity index (χ2v) is 11.2. The standard InChI is InChI=1S/C24H25F4N3O4S/c1-13-10-19-16(11-17(13)25)20(22(32)33)21(31(19)23(3)8-4-5-9-23)18-7-6-15(12-29-18)36(34,35)30-14(2)24(26,27)28/h6-7,10-12,14,30H,4-5,8-9H2,1-3H3,(H,32,33)/t14-/m0/s1. The minimum atomic E-state index is -4.78. The first-order valence-corrected chi connectivity index (χ1v) is 12.8. The number of nitrogens with one attached hydrogen (secondary N) is 1. The van der Waals surface area contributed by atoms with Gasteiger partial charge in [0.15, 0.2) is 0 Å². The van der Waals surface area contributed by atoms with Gasteiger partial charge < -0.3 is 9.67 Å². The Bertz CT molecular complexity index is 1440. The normalized spacial score (nSPS) is 17.0. The number of halogens is 4. The van der Waals surface area contributed by atoms with E-state index in [4.69, 9.17) is 0 Å². The maximum absolute atomic E-state index is 14.5. The minimum Gasteiger partial charge on any atom is -0.478 e. The van der Waals surface area contributed by atoms with Crippen LogP contribution in [0.2, 0.25) is 0 Å². The van der Waals surface area contributed by atoms with Crippen LogP contribution in [0, 0.1) is 12.7 Å². The highest BCUT2D eigenvalue weighted by Crippen LogP contribution is 2.45. The number of pyridine rings is 1. The van der Waals surface area contributed by atoms with Crippen molar-refractivity contribution in [1.29, 1.82) is 0 Å². The third kappa shape index (κ3) is 4.47. The topological polar surface area (TPSA) is 101 Å². The number of hydrogen-bond donors (Lipinski definition) is 2. The number of fused-ring (bicyclic) bond motifs is 1. The summed E-state index contributed by atoms with van der Waals surface area (Å²) in [5.41, 5.74) is 0.478. The summed E-state index contributed by atoms with van der Waals surface area (Å²) in [7, 11) is -4.55. The van der Waals surface area contributed by atoms with Crippen LogP contribution in [0.4, 0.5) is 17.6 Å². The van der Waals surface area contributed by atoms with Crippen LogP contribution in [0.1, 0.15) is 55.5 Å². The Morgan fingerprint density at radius 2 is 1.86 bits per heavy atom. The summed E-state index contributed by atoms with van der Waals surface area (Å²) < 4.78 is 81.4. The molecule has 1 saturated carbocycles. The maximum Gasteiger partial charge on any atom is 0.404 e. The largest absolute Gasteiger partial charge is 0.478 e. The number of nitrogens with zero attached hydrogens (tertiary/aromatic N) is 2. The SMILES string of the molecule is Cc1cc2c(cc1F)c(C(=O)O)c(-c1ccc(S(=O)(=O)N[C@@H](C)C(F)(F)F)cn1)n2C1(C)CCCC1. The van der Waals surface area contributed by atoms with Gasteiger partial charge in [-0.25, -0.2) is 17.6 Å². The van der Waals surface area contributed by atoms with Crippen molar-refractivity contribution in [3.05, 3.63) is 47.4 Å². The molecule has 1 aromatic carbocycles. The molecule has 7 nitrogen and oxygen atoms in total. The molecule has 194 valence electrons. The van der Waals surface area contributed by atoms with Gasteiger partial charge in [-0.3, -0.25) is 4.98 Å². The molecule has 12 heteroatoms. The van der Waals surface area contributed by atoms with Crippen LogP contribution in [0.25, 0.3) is 22.3 Å². The van der Waals surface area contributed by atoms with Crippen LogP contribution in [0.5, 0.6) is 0 Å². The van der Waals surface area contributed by atoms with Crippen molar-refractivity contribution in [2.24, 2.45) is 0 Å². The Morgan fingerprint density at radius 3 is 2.39 bits per heavy atom. The monoisotopic (exact) mass is 527 g/mol. The summed E-state index contributed by atoms with van der Waals surface area (Å²) in [6, 6.07) is 2.78. The van der Waals surface area contributed by atoms with Gasteiger partial charge in [-0.15, -0.1) is 0 Å². The fourth-order valence-corrected chi connectivity index (χ4v) is 6.01. The van der Waals surface area contributed by atoms with Crippen LogP contribution in [-0.4, -0.2) is 41.3 Å². The molecule has 0 radical (unpaired) electrons. The number of hydrogen-bond acceptors (Lipinski definition) is 4. The molecule has 4 rings (SSSR count). The molecule has 2 aromatic heterocycles. The van der Waals surface area contributed by atoms with Crippen LogP contribution >= 0.6 is 0 Å². The molecule has 2 N–H and O–H groups in total. The van der Waals surface area contributed by atoms with Gasteiger partial charge in [0.2, 0.25) is 10.0 Å². The first kappa shape index (κ1) is 26.1. The smallest absolute Gasteiger partial charge is 0.404 e. The lowest BCUT2D eigenvalue weighted by molar-refractivity contribution is -0.147. The van der Waals surface area contributed by atoms with Gasteiger partial charge in [0.1, 0.15) is 16.8 Å². The first-order chi connectivity index (χ1) is 16.7. The Labute approximate surface area is 205 Å². The molecular weight excluding hydrogens is 502 g/mol. The Morgan fingerprint density at radius 1 is 1.22 bits per heavy atom. The fourth-order valence-electron chi connectivity index (χ4n) is 4.84. The number of rotatable bonds is 6. The molecule has 2 heterocycles. The van der Waals surface area contributed by atoms with Crippen molar-refractivity contribution in [2.45, 2.75) is 69.1 Å². The van der Waals surface area contributed by atoms with E-state index in [-0.39, 0.29) is 22.3 Å². The number of carbonyl (C=O) groups is 1. The van der Waals surface area contributed by atoms with E-state index in [9.17, 15) is 35.9 Å². The lowest BCUT2D eigenvalue weighted by Crippen LogP contribution is -2.42. The van der Waals surface area contributed by atoms with Crippen molar-refractivity contribution < 1.29 is 35.9 Å². The molecule has 1 aliphatic rings. The number of aryl methyl sites for hydroxylation is 1. The second-order valence-electron chi connectivity index (χ2n) is 9.45. The van der Waals surface area contributed by atoms with Gasteiger partial charge in [0.05, 0.1) is 22.5 Å². The van der Waals surface area contributed by atoms with Gasteiger partial charge >= 0.3 is 12.1 Å². The predicted molar refractivity (Wildman–Crippen MR) is 125 cm³/mol. The van der Waals surface area contributed by atoms with Gasteiger partial charge in [-0.1, -0.05) is 12.8 Å². The zero-order valence-corrected chi connectivity index (χ0v) is 20.6. The van der Waals surface area contributed by atoms with E-state index in [2.05, 4.69) is 4.98 Å².